The van der Waals surface area contributed by atoms with Gasteiger partial charge >= 0.3 is 0 Å². The van der Waals surface area contributed by atoms with Crippen molar-refractivity contribution in [2.75, 3.05) is 13.2 Å². The van der Waals surface area contributed by atoms with Gasteiger partial charge < -0.3 is 15.2 Å². The molecule has 17 heavy (non-hydrogen) atoms. The molecule has 1 aromatic heterocycles. The van der Waals surface area contributed by atoms with Crippen molar-refractivity contribution in [1.82, 2.24) is 15.1 Å². The Morgan fingerprint density at radius 1 is 1.65 bits per heavy atom. The summed E-state index contributed by atoms with van der Waals surface area (Å²) in [7, 11) is 0. The number of hydrogen-bond acceptors (Lipinski definition) is 4. The normalized spacial score (nSPS) is 26.9. The quantitative estimate of drug-likeness (QED) is 0.781. The third kappa shape index (κ3) is 4.11. The molecule has 0 bridgehead atoms. The molecule has 0 aromatic carbocycles. The maximum atomic E-state index is 9.86. The molecule has 1 aliphatic heterocycles. The van der Waals surface area contributed by atoms with Crippen molar-refractivity contribution in [3.63, 3.8) is 0 Å². The molecule has 3 atom stereocenters. The maximum Gasteiger partial charge on any atom is 0.0860 e. The van der Waals surface area contributed by atoms with Gasteiger partial charge in [-0.05, 0) is 25.8 Å². The van der Waals surface area contributed by atoms with E-state index in [4.69, 9.17) is 4.74 Å². The van der Waals surface area contributed by atoms with E-state index in [-0.39, 0.29) is 0 Å². The first-order chi connectivity index (χ1) is 8.24. The van der Waals surface area contributed by atoms with Crippen molar-refractivity contribution in [2.24, 2.45) is 0 Å². The minimum absolute atomic E-state index is 0.324. The summed E-state index contributed by atoms with van der Waals surface area (Å²) in [5.74, 6) is 0. The van der Waals surface area contributed by atoms with E-state index in [0.717, 1.165) is 19.4 Å². The van der Waals surface area contributed by atoms with Gasteiger partial charge in [0.1, 0.15) is 0 Å². The summed E-state index contributed by atoms with van der Waals surface area (Å²) in [6.45, 7) is 4.05. The van der Waals surface area contributed by atoms with E-state index in [1.54, 1.807) is 10.9 Å². The van der Waals surface area contributed by atoms with Gasteiger partial charge in [0.25, 0.3) is 0 Å². The summed E-state index contributed by atoms with van der Waals surface area (Å²) >= 11 is 0. The Kier molecular flexibility index (Phi) is 4.53. The Bertz CT molecular complexity index is 316. The van der Waals surface area contributed by atoms with E-state index in [2.05, 4.69) is 17.3 Å². The molecule has 0 spiro atoms. The monoisotopic (exact) mass is 239 g/mol. The number of rotatable bonds is 5. The average Bonchev–Trinajstić information content (AvgIpc) is 2.79. The lowest BCUT2D eigenvalue weighted by Crippen LogP contribution is -2.42. The van der Waals surface area contributed by atoms with Crippen molar-refractivity contribution in [3.8, 4) is 0 Å². The molecule has 0 aliphatic carbocycles. The smallest absolute Gasteiger partial charge is 0.0860 e. The highest BCUT2D eigenvalue weighted by Gasteiger charge is 2.19. The zero-order valence-electron chi connectivity index (χ0n) is 10.2. The molecule has 2 heterocycles. The topological polar surface area (TPSA) is 59.3 Å². The number of aliphatic hydroxyl groups excluding tert-OH is 1. The van der Waals surface area contributed by atoms with Crippen LogP contribution in [0.15, 0.2) is 18.5 Å². The van der Waals surface area contributed by atoms with Crippen LogP contribution in [0.5, 0.6) is 0 Å². The zero-order chi connectivity index (χ0) is 12.1. The average molecular weight is 239 g/mol. The Morgan fingerprint density at radius 2 is 2.53 bits per heavy atom. The fraction of sp³-hybridized carbons (Fsp3) is 0.750. The fourth-order valence-electron chi connectivity index (χ4n) is 2.18. The van der Waals surface area contributed by atoms with Crippen LogP contribution in [0.2, 0.25) is 0 Å². The zero-order valence-corrected chi connectivity index (χ0v) is 10.2. The van der Waals surface area contributed by atoms with Crippen molar-refractivity contribution in [1.29, 1.82) is 0 Å². The van der Waals surface area contributed by atoms with Crippen molar-refractivity contribution >= 4 is 0 Å². The lowest BCUT2D eigenvalue weighted by Gasteiger charge is -2.28. The van der Waals surface area contributed by atoms with Gasteiger partial charge in [-0.2, -0.15) is 5.10 Å². The Labute approximate surface area is 102 Å². The van der Waals surface area contributed by atoms with Crippen LogP contribution in [0.25, 0.3) is 0 Å². The summed E-state index contributed by atoms with van der Waals surface area (Å²) in [5, 5.41) is 17.3. The molecule has 1 fully saturated rings. The highest BCUT2D eigenvalue weighted by molar-refractivity contribution is 4.80. The first kappa shape index (κ1) is 12.5. The van der Waals surface area contributed by atoms with Crippen LogP contribution < -0.4 is 5.32 Å². The second-order valence-corrected chi connectivity index (χ2v) is 4.69. The number of aliphatic hydroxyl groups is 1. The number of aromatic nitrogens is 2. The summed E-state index contributed by atoms with van der Waals surface area (Å²) in [5.41, 5.74) is 0. The van der Waals surface area contributed by atoms with Crippen LogP contribution in [0.1, 0.15) is 19.8 Å². The molecule has 2 rings (SSSR count). The molecule has 3 unspecified atom stereocenters. The van der Waals surface area contributed by atoms with Gasteiger partial charge in [0.2, 0.25) is 0 Å². The van der Waals surface area contributed by atoms with Crippen molar-refractivity contribution < 1.29 is 9.84 Å². The fourth-order valence-corrected chi connectivity index (χ4v) is 2.18. The van der Waals surface area contributed by atoms with E-state index in [9.17, 15) is 5.11 Å². The number of hydrogen-bond donors (Lipinski definition) is 2. The molecule has 96 valence electrons. The van der Waals surface area contributed by atoms with E-state index < -0.39 is 6.10 Å². The largest absolute Gasteiger partial charge is 0.390 e. The summed E-state index contributed by atoms with van der Waals surface area (Å²) in [6, 6.07) is 2.33. The van der Waals surface area contributed by atoms with Crippen molar-refractivity contribution in [3.05, 3.63) is 18.5 Å². The predicted molar refractivity (Wildman–Crippen MR) is 64.7 cm³/mol. The Morgan fingerprint density at radius 3 is 3.24 bits per heavy atom. The molecule has 5 nitrogen and oxygen atoms in total. The molecule has 0 amide bonds. The van der Waals surface area contributed by atoms with E-state index in [0.29, 0.717) is 25.2 Å². The van der Waals surface area contributed by atoms with Gasteiger partial charge in [-0.15, -0.1) is 0 Å². The Balaban J connectivity index is 1.67. The van der Waals surface area contributed by atoms with Crippen LogP contribution in [0.3, 0.4) is 0 Å². The molecule has 0 radical (unpaired) electrons. The SMILES string of the molecule is CC1CC(NCC(O)Cn2cccn2)CCO1. The van der Waals surface area contributed by atoms with Crippen LogP contribution in [0, 0.1) is 0 Å². The van der Waals surface area contributed by atoms with Gasteiger partial charge in [0.15, 0.2) is 0 Å². The van der Waals surface area contributed by atoms with Gasteiger partial charge in [-0.25, -0.2) is 0 Å². The van der Waals surface area contributed by atoms with Crippen LogP contribution in [-0.4, -0.2) is 46.3 Å². The maximum absolute atomic E-state index is 9.86. The van der Waals surface area contributed by atoms with Crippen LogP contribution in [0.4, 0.5) is 0 Å². The van der Waals surface area contributed by atoms with Gasteiger partial charge in [-0.1, -0.05) is 0 Å². The molecular weight excluding hydrogens is 218 g/mol. The molecular formula is C12H21N3O2. The Hall–Kier alpha value is -0.910. The van der Waals surface area contributed by atoms with Crippen LogP contribution in [-0.2, 0) is 11.3 Å². The first-order valence-corrected chi connectivity index (χ1v) is 6.24. The van der Waals surface area contributed by atoms with Gasteiger partial charge in [0, 0.05) is 31.6 Å². The molecule has 1 aromatic rings. The van der Waals surface area contributed by atoms with Gasteiger partial charge in [0.05, 0.1) is 18.8 Å². The highest BCUT2D eigenvalue weighted by Crippen LogP contribution is 2.12. The van der Waals surface area contributed by atoms with Crippen LogP contribution >= 0.6 is 0 Å². The lowest BCUT2D eigenvalue weighted by molar-refractivity contribution is 0.0105. The molecule has 1 saturated heterocycles. The molecule has 0 saturated carbocycles. The number of nitrogens with zero attached hydrogens (tertiary/aromatic N) is 2. The van der Waals surface area contributed by atoms with Gasteiger partial charge in [-0.3, -0.25) is 4.68 Å². The van der Waals surface area contributed by atoms with Crippen molar-refractivity contribution in [2.45, 2.75) is 44.6 Å². The summed E-state index contributed by atoms with van der Waals surface area (Å²) in [4.78, 5) is 0. The standard InChI is InChI=1S/C12H21N3O2/c1-10-7-11(3-6-17-10)13-8-12(16)9-15-5-2-4-14-15/h2,4-5,10-13,16H,3,6-9H2,1H3. The number of ether oxygens (including phenoxy) is 1. The third-order valence-corrected chi connectivity index (χ3v) is 3.08. The molecule has 5 heteroatoms. The minimum Gasteiger partial charge on any atom is -0.390 e. The summed E-state index contributed by atoms with van der Waals surface area (Å²) < 4.78 is 7.23. The third-order valence-electron chi connectivity index (χ3n) is 3.08. The van der Waals surface area contributed by atoms with E-state index in [1.165, 1.54) is 0 Å². The summed E-state index contributed by atoms with van der Waals surface area (Å²) in [6.07, 6.45) is 5.56. The second kappa shape index (κ2) is 6.14. The van der Waals surface area contributed by atoms with E-state index >= 15 is 0 Å². The molecule has 2 N–H and O–H groups in total. The lowest BCUT2D eigenvalue weighted by atomic mass is 10.0. The predicted octanol–water partition coefficient (Wildman–Crippen LogP) is 0.401. The molecule has 1 aliphatic rings. The second-order valence-electron chi connectivity index (χ2n) is 4.69. The minimum atomic E-state index is -0.395. The highest BCUT2D eigenvalue weighted by atomic mass is 16.5. The van der Waals surface area contributed by atoms with E-state index in [1.807, 2.05) is 12.3 Å². The first-order valence-electron chi connectivity index (χ1n) is 6.24. The number of nitrogens with one attached hydrogen (secondary N) is 1.